The molecule has 2 aliphatic rings. The minimum atomic E-state index is -0.429. The monoisotopic (exact) mass is 404 g/mol. The molecule has 5 rings (SSSR count). The Morgan fingerprint density at radius 1 is 1.13 bits per heavy atom. The number of benzene rings is 2. The number of ketones is 1. The maximum Gasteiger partial charge on any atom is 0.312 e. The zero-order chi connectivity index (χ0) is 20.8. The lowest BCUT2D eigenvalue weighted by Crippen LogP contribution is -2.21. The van der Waals surface area contributed by atoms with Gasteiger partial charge in [0.1, 0.15) is 17.3 Å². The number of rotatable bonds is 3. The minimum Gasteiger partial charge on any atom is -0.504 e. The summed E-state index contributed by atoms with van der Waals surface area (Å²) in [5, 5.41) is 9.92. The smallest absolute Gasteiger partial charge is 0.312 e. The lowest BCUT2D eigenvalue weighted by Gasteiger charge is -2.26. The first-order valence-corrected chi connectivity index (χ1v) is 9.27. The fourth-order valence-electron chi connectivity index (χ4n) is 3.80. The standard InChI is InChI=1S/C23H16O7/c1-27-18-9-12(4-6-16(18)24)15-11-20(25)29-17-7-5-14-22(26)19(30-23(14)21(15)17)10-13-3-2-8-28-13/h2-10,15,24H,11H2,1H3. The Labute approximate surface area is 171 Å². The Balaban J connectivity index is 1.64. The van der Waals surface area contributed by atoms with Gasteiger partial charge in [-0.1, -0.05) is 6.07 Å². The Bertz CT molecular complexity index is 1200. The van der Waals surface area contributed by atoms with Gasteiger partial charge in [-0.25, -0.2) is 0 Å². The van der Waals surface area contributed by atoms with Crippen molar-refractivity contribution in [1.29, 1.82) is 0 Å². The highest BCUT2D eigenvalue weighted by Gasteiger charge is 2.38. The second-order valence-corrected chi connectivity index (χ2v) is 6.97. The van der Waals surface area contributed by atoms with Crippen LogP contribution in [0.25, 0.3) is 6.08 Å². The van der Waals surface area contributed by atoms with Crippen molar-refractivity contribution in [2.24, 2.45) is 0 Å². The second kappa shape index (κ2) is 6.81. The van der Waals surface area contributed by atoms with Gasteiger partial charge in [-0.3, -0.25) is 9.59 Å². The van der Waals surface area contributed by atoms with Gasteiger partial charge < -0.3 is 23.7 Å². The molecular weight excluding hydrogens is 388 g/mol. The molecule has 2 aliphatic heterocycles. The maximum absolute atomic E-state index is 12.9. The van der Waals surface area contributed by atoms with Crippen LogP contribution in [0.3, 0.4) is 0 Å². The first-order chi connectivity index (χ1) is 14.5. The lowest BCUT2D eigenvalue weighted by atomic mass is 9.84. The molecule has 1 unspecified atom stereocenters. The molecule has 0 amide bonds. The lowest BCUT2D eigenvalue weighted by molar-refractivity contribution is -0.135. The molecule has 2 aromatic carbocycles. The van der Waals surface area contributed by atoms with Crippen LogP contribution in [0.15, 0.2) is 58.9 Å². The van der Waals surface area contributed by atoms with E-state index in [2.05, 4.69) is 0 Å². The Hall–Kier alpha value is -4.00. The van der Waals surface area contributed by atoms with Gasteiger partial charge in [-0.15, -0.1) is 0 Å². The summed E-state index contributed by atoms with van der Waals surface area (Å²) in [6.07, 6.45) is 3.10. The third kappa shape index (κ3) is 2.83. The summed E-state index contributed by atoms with van der Waals surface area (Å²) in [7, 11) is 1.45. The number of esters is 1. The van der Waals surface area contributed by atoms with Crippen molar-refractivity contribution < 1.29 is 33.3 Å². The summed E-state index contributed by atoms with van der Waals surface area (Å²) >= 11 is 0. The molecule has 7 heteroatoms. The zero-order valence-corrected chi connectivity index (χ0v) is 15.9. The molecule has 3 aromatic rings. The highest BCUT2D eigenvalue weighted by Crippen LogP contribution is 2.49. The molecule has 0 aliphatic carbocycles. The predicted molar refractivity (Wildman–Crippen MR) is 105 cm³/mol. The van der Waals surface area contributed by atoms with E-state index >= 15 is 0 Å². The van der Waals surface area contributed by atoms with E-state index in [4.69, 9.17) is 18.6 Å². The van der Waals surface area contributed by atoms with Crippen molar-refractivity contribution in [3.8, 4) is 23.0 Å². The number of aromatic hydroxyl groups is 1. The number of Topliss-reactive ketones (excluding diaryl/α,β-unsaturated/α-hetero) is 1. The second-order valence-electron chi connectivity index (χ2n) is 6.97. The number of hydrogen-bond donors (Lipinski definition) is 1. The van der Waals surface area contributed by atoms with E-state index in [0.717, 1.165) is 5.56 Å². The molecule has 0 saturated carbocycles. The normalized spacial score (nSPS) is 18.6. The van der Waals surface area contributed by atoms with E-state index in [-0.39, 0.29) is 29.5 Å². The molecular formula is C23H16O7. The molecule has 0 fully saturated rings. The largest absolute Gasteiger partial charge is 0.504 e. The third-order valence-corrected chi connectivity index (χ3v) is 5.20. The molecule has 0 radical (unpaired) electrons. The maximum atomic E-state index is 12.9. The van der Waals surface area contributed by atoms with Gasteiger partial charge in [0.15, 0.2) is 17.3 Å². The summed E-state index contributed by atoms with van der Waals surface area (Å²) < 4.78 is 21.8. The van der Waals surface area contributed by atoms with Crippen molar-refractivity contribution in [3.05, 3.63) is 76.9 Å². The number of carbonyl (C=O) groups is 2. The van der Waals surface area contributed by atoms with Gasteiger partial charge >= 0.3 is 5.97 Å². The summed E-state index contributed by atoms with van der Waals surface area (Å²) in [4.78, 5) is 25.1. The van der Waals surface area contributed by atoms with E-state index < -0.39 is 11.9 Å². The topological polar surface area (TPSA) is 95.2 Å². The Morgan fingerprint density at radius 2 is 2.00 bits per heavy atom. The van der Waals surface area contributed by atoms with Gasteiger partial charge in [0.05, 0.1) is 25.4 Å². The van der Waals surface area contributed by atoms with Gasteiger partial charge in [0, 0.05) is 17.6 Å². The number of furan rings is 1. The summed E-state index contributed by atoms with van der Waals surface area (Å²) in [6.45, 7) is 0. The van der Waals surface area contributed by atoms with Crippen LogP contribution in [0.2, 0.25) is 0 Å². The molecule has 1 atom stereocenters. The predicted octanol–water partition coefficient (Wildman–Crippen LogP) is 4.05. The molecule has 7 nitrogen and oxygen atoms in total. The number of carbonyl (C=O) groups excluding carboxylic acids is 2. The van der Waals surface area contributed by atoms with Crippen LogP contribution in [0.4, 0.5) is 0 Å². The molecule has 0 bridgehead atoms. The third-order valence-electron chi connectivity index (χ3n) is 5.20. The van der Waals surface area contributed by atoms with Crippen LogP contribution >= 0.6 is 0 Å². The van der Waals surface area contributed by atoms with Crippen molar-refractivity contribution >= 4 is 17.8 Å². The van der Waals surface area contributed by atoms with Gasteiger partial charge in [0.2, 0.25) is 5.78 Å². The number of phenols is 1. The van der Waals surface area contributed by atoms with Crippen LogP contribution in [-0.2, 0) is 4.79 Å². The molecule has 150 valence electrons. The van der Waals surface area contributed by atoms with Gasteiger partial charge in [-0.05, 0) is 42.0 Å². The first-order valence-electron chi connectivity index (χ1n) is 9.27. The number of allylic oxidation sites excluding steroid dienone is 1. The van der Waals surface area contributed by atoms with E-state index in [0.29, 0.717) is 28.4 Å². The fourth-order valence-corrected chi connectivity index (χ4v) is 3.80. The van der Waals surface area contributed by atoms with Crippen molar-refractivity contribution in [3.63, 3.8) is 0 Å². The van der Waals surface area contributed by atoms with Crippen molar-refractivity contribution in [1.82, 2.24) is 0 Å². The molecule has 30 heavy (non-hydrogen) atoms. The van der Waals surface area contributed by atoms with Crippen LogP contribution in [0.1, 0.15) is 39.6 Å². The van der Waals surface area contributed by atoms with Crippen molar-refractivity contribution in [2.75, 3.05) is 7.11 Å². The average molecular weight is 404 g/mol. The summed E-state index contributed by atoms with van der Waals surface area (Å²) in [5.74, 6) is 0.511. The van der Waals surface area contributed by atoms with E-state index in [1.807, 2.05) is 0 Å². The van der Waals surface area contributed by atoms with Crippen LogP contribution in [0, 0.1) is 0 Å². The average Bonchev–Trinajstić information content (AvgIpc) is 3.36. The van der Waals surface area contributed by atoms with E-state index in [9.17, 15) is 14.7 Å². The van der Waals surface area contributed by atoms with Crippen LogP contribution < -0.4 is 14.2 Å². The summed E-state index contributed by atoms with van der Waals surface area (Å²) in [5.41, 5.74) is 1.73. The van der Waals surface area contributed by atoms with Gasteiger partial charge in [0.25, 0.3) is 0 Å². The number of phenolic OH excluding ortho intramolecular Hbond substituents is 1. The molecule has 1 aromatic heterocycles. The SMILES string of the molecule is COc1cc(C2CC(=O)Oc3ccc4c(c32)OC(=Cc2ccco2)C4=O)ccc1O. The highest BCUT2D eigenvalue weighted by molar-refractivity contribution is 6.15. The highest BCUT2D eigenvalue weighted by atomic mass is 16.5. The minimum absolute atomic E-state index is 0.00625. The molecule has 0 saturated heterocycles. The Kier molecular flexibility index (Phi) is 4.10. The number of hydrogen-bond acceptors (Lipinski definition) is 7. The number of methoxy groups -OCH3 is 1. The van der Waals surface area contributed by atoms with Crippen LogP contribution in [-0.4, -0.2) is 24.0 Å². The molecule has 1 N–H and O–H groups in total. The summed E-state index contributed by atoms with van der Waals surface area (Å²) in [6, 6.07) is 11.5. The van der Waals surface area contributed by atoms with E-state index in [1.165, 1.54) is 25.5 Å². The molecule has 3 heterocycles. The van der Waals surface area contributed by atoms with Crippen LogP contribution in [0.5, 0.6) is 23.0 Å². The number of ether oxygens (including phenoxy) is 3. The van der Waals surface area contributed by atoms with E-state index in [1.54, 1.807) is 36.4 Å². The van der Waals surface area contributed by atoms with Crippen molar-refractivity contribution in [2.45, 2.75) is 12.3 Å². The first kappa shape index (κ1) is 18.1. The number of fused-ring (bicyclic) bond motifs is 3. The van der Waals surface area contributed by atoms with Gasteiger partial charge in [-0.2, -0.15) is 0 Å². The fraction of sp³-hybridized carbons (Fsp3) is 0.130. The quantitative estimate of drug-likeness (QED) is 0.400. The molecule has 0 spiro atoms. The Morgan fingerprint density at radius 3 is 2.77 bits per heavy atom. The zero-order valence-electron chi connectivity index (χ0n) is 15.9.